The monoisotopic (exact) mass is 253 g/mol. The summed E-state index contributed by atoms with van der Waals surface area (Å²) in [7, 11) is 0. The van der Waals surface area contributed by atoms with Crippen LogP contribution in [-0.4, -0.2) is 6.79 Å². The van der Waals surface area contributed by atoms with E-state index in [2.05, 4.69) is 50.6 Å². The van der Waals surface area contributed by atoms with E-state index in [1.165, 1.54) is 6.42 Å². The van der Waals surface area contributed by atoms with Crippen LogP contribution in [0.3, 0.4) is 0 Å². The van der Waals surface area contributed by atoms with E-state index in [0.29, 0.717) is 0 Å². The zero-order valence-corrected chi connectivity index (χ0v) is 7.67. The molecule has 0 atom stereocenters. The summed E-state index contributed by atoms with van der Waals surface area (Å²) in [5.41, 5.74) is 0. The topological polar surface area (TPSA) is 17.1 Å². The Bertz CT molecular complexity index is 15.7. The summed E-state index contributed by atoms with van der Waals surface area (Å²) in [5.74, 6) is 0. The zero-order valence-electron chi connectivity index (χ0n) is 4.35. The van der Waals surface area contributed by atoms with Crippen molar-refractivity contribution in [3.63, 3.8) is 0 Å². The van der Waals surface area contributed by atoms with Crippen molar-refractivity contribution in [1.82, 2.24) is 0 Å². The first-order valence-corrected chi connectivity index (χ1v) is 5.73. The molecule has 0 unspecified atom stereocenters. The molecule has 2 radical (unpaired) electrons. The second-order valence-corrected chi connectivity index (χ2v) is 0.707. The van der Waals surface area contributed by atoms with Gasteiger partial charge in [0.2, 0.25) is 0 Å². The molecule has 0 heterocycles. The summed E-state index contributed by atoms with van der Waals surface area (Å²) in [4.78, 5) is 7.50. The van der Waals surface area contributed by atoms with Gasteiger partial charge in [-0.25, -0.2) is 0 Å². The molecule has 0 aliphatic carbocycles. The van der Waals surface area contributed by atoms with Gasteiger partial charge in [-0.1, -0.05) is 20.3 Å². The number of hydrogen-bond donors (Lipinski definition) is 0. The van der Waals surface area contributed by atoms with E-state index in [0.717, 1.165) is 0 Å². The van der Waals surface area contributed by atoms with Crippen LogP contribution in [0.1, 0.15) is 20.3 Å². The van der Waals surface area contributed by atoms with Crippen molar-refractivity contribution in [3.8, 4) is 0 Å². The summed E-state index contributed by atoms with van der Waals surface area (Å²) in [6.45, 7) is 8.75. The second-order valence-electron chi connectivity index (χ2n) is 0.707. The van der Waals surface area contributed by atoms with Crippen LogP contribution in [0.5, 0.6) is 0 Å². The van der Waals surface area contributed by atoms with Crippen molar-refractivity contribution in [1.29, 1.82) is 0 Å². The molecule has 0 N–H and O–H groups in total. The van der Waals surface area contributed by atoms with Crippen LogP contribution in [0.4, 0.5) is 0 Å². The zero-order chi connectivity index (χ0) is 6.71. The molecule has 1 nitrogen and oxygen atoms in total. The molecule has 0 aliphatic heterocycles. The molecule has 3 heteroatoms. The molecular formula is C4H8BrORu. The van der Waals surface area contributed by atoms with Crippen molar-refractivity contribution in [2.75, 3.05) is 0 Å². The van der Waals surface area contributed by atoms with Gasteiger partial charge in [-0.05, 0) is 0 Å². The van der Waals surface area contributed by atoms with E-state index in [9.17, 15) is 0 Å². The largest absolute Gasteiger partial charge is 0.281 e. The minimum atomic E-state index is 1.25. The third kappa shape index (κ3) is 258. The molecule has 0 aliphatic rings. The minimum Gasteiger partial charge on any atom is -0.281 e. The van der Waals surface area contributed by atoms with E-state index in [1.807, 2.05) is 0 Å². The van der Waals surface area contributed by atoms with Crippen LogP contribution >= 0.6 is 13.6 Å². The third-order valence-electron chi connectivity index (χ3n) is 0. The maximum atomic E-state index is 7.50. The summed E-state index contributed by atoms with van der Waals surface area (Å²) in [5, 5.41) is 0. The van der Waals surface area contributed by atoms with Crippen molar-refractivity contribution in [2.24, 2.45) is 0 Å². The van der Waals surface area contributed by atoms with Crippen LogP contribution in [0, 0.1) is 0 Å². The standard InChI is InChI=1S/C3H8.CO.BrH.Ru/c1-3-2;1-2;;/h3H2,1-2H3;;1H;/q;;;+1/p-1. The molecule has 0 saturated heterocycles. The summed E-state index contributed by atoms with van der Waals surface area (Å²) >= 11 is 5.03. The van der Waals surface area contributed by atoms with Gasteiger partial charge in [0.1, 0.15) is 0 Å². The molecule has 0 fully saturated rings. The Hall–Kier alpha value is 0.773. The van der Waals surface area contributed by atoms with Crippen LogP contribution < -0.4 is 0 Å². The van der Waals surface area contributed by atoms with Gasteiger partial charge in [0.15, 0.2) is 0 Å². The third-order valence-corrected chi connectivity index (χ3v) is 0. The maximum Gasteiger partial charge on any atom is 0.281 e. The fraction of sp³-hybridized carbons (Fsp3) is 0.750. The van der Waals surface area contributed by atoms with Gasteiger partial charge >= 0.3 is 30.0 Å². The van der Waals surface area contributed by atoms with Gasteiger partial charge in [0.25, 0.3) is 6.79 Å². The Morgan fingerprint density at radius 1 is 1.43 bits per heavy atom. The molecule has 0 aromatic carbocycles. The molecule has 0 spiro atoms. The van der Waals surface area contributed by atoms with E-state index in [-0.39, 0.29) is 0 Å². The number of hydrogen-bond acceptors (Lipinski definition) is 1. The Labute approximate surface area is 61.9 Å². The minimum absolute atomic E-state index is 1.25. The van der Waals surface area contributed by atoms with Crippen LogP contribution in [0.2, 0.25) is 0 Å². The molecule has 0 amide bonds. The average Bonchev–Trinajstić information content (AvgIpc) is 1.78. The van der Waals surface area contributed by atoms with Gasteiger partial charge in [-0.15, -0.1) is 0 Å². The first kappa shape index (κ1) is 15.7. The van der Waals surface area contributed by atoms with Crippen molar-refractivity contribution < 1.29 is 21.1 Å². The molecule has 0 aromatic rings. The Morgan fingerprint density at radius 2 is 1.43 bits per heavy atom. The van der Waals surface area contributed by atoms with E-state index < -0.39 is 0 Å². The fourth-order valence-corrected chi connectivity index (χ4v) is 0. The van der Waals surface area contributed by atoms with Gasteiger partial charge in [0.05, 0.1) is 0 Å². The summed E-state index contributed by atoms with van der Waals surface area (Å²) in [6.07, 6.45) is 1.25. The normalized spacial score (nSPS) is 4.00. The van der Waals surface area contributed by atoms with Crippen molar-refractivity contribution in [2.45, 2.75) is 20.3 Å². The van der Waals surface area contributed by atoms with Gasteiger partial charge < -0.3 is 0 Å². The predicted octanol–water partition coefficient (Wildman–Crippen LogP) is 1.86. The molecule has 45 valence electrons. The molecule has 0 saturated carbocycles. The average molecular weight is 253 g/mol. The molecule has 0 aromatic heterocycles. The fourth-order valence-electron chi connectivity index (χ4n) is 0. The predicted molar refractivity (Wildman–Crippen MR) is 30.6 cm³/mol. The second kappa shape index (κ2) is 71.8. The Kier molecular flexibility index (Phi) is 161. The smallest absolute Gasteiger partial charge is 0.281 e. The first-order chi connectivity index (χ1) is 3.41. The van der Waals surface area contributed by atoms with E-state index in [4.69, 9.17) is 4.79 Å². The summed E-state index contributed by atoms with van der Waals surface area (Å²) < 4.78 is 0. The van der Waals surface area contributed by atoms with Crippen molar-refractivity contribution in [3.05, 3.63) is 0 Å². The molecule has 0 rings (SSSR count). The van der Waals surface area contributed by atoms with Crippen LogP contribution in [-0.2, 0) is 21.1 Å². The Morgan fingerprint density at radius 3 is 1.43 bits per heavy atom. The summed E-state index contributed by atoms with van der Waals surface area (Å²) in [6, 6.07) is 0. The SMILES string of the molecule is CCC.[Br][Ru].[C]=O. The van der Waals surface area contributed by atoms with E-state index >= 15 is 0 Å². The first-order valence-electron chi connectivity index (χ1n) is 1.75. The van der Waals surface area contributed by atoms with Crippen LogP contribution in [0.25, 0.3) is 0 Å². The maximum absolute atomic E-state index is 7.50. The van der Waals surface area contributed by atoms with Crippen molar-refractivity contribution >= 4 is 20.4 Å². The number of rotatable bonds is 0. The molecule has 0 bridgehead atoms. The van der Waals surface area contributed by atoms with Gasteiger partial charge in [0, 0.05) is 0 Å². The number of carbonyl (C=O) groups excluding carboxylic acids is 1. The van der Waals surface area contributed by atoms with Gasteiger partial charge in [-0.3, -0.25) is 4.79 Å². The number of halogens is 1. The Balaban J connectivity index is -0.0000000360. The molecule has 7 heavy (non-hydrogen) atoms. The molecular weight excluding hydrogens is 245 g/mol. The quantitative estimate of drug-likeness (QED) is 0.602. The van der Waals surface area contributed by atoms with E-state index in [1.54, 1.807) is 0 Å². The van der Waals surface area contributed by atoms with Crippen LogP contribution in [0.15, 0.2) is 0 Å². The van der Waals surface area contributed by atoms with Gasteiger partial charge in [-0.2, -0.15) is 0 Å².